The largest absolute Gasteiger partial charge is 0.495 e. The second-order valence-corrected chi connectivity index (χ2v) is 3.74. The number of allylic oxidation sites excluding steroid dienone is 2. The highest BCUT2D eigenvalue weighted by Gasteiger charge is 2.14. The van der Waals surface area contributed by atoms with E-state index in [-0.39, 0.29) is 5.78 Å². The van der Waals surface area contributed by atoms with E-state index in [1.807, 2.05) is 6.92 Å². The molecule has 0 spiro atoms. The summed E-state index contributed by atoms with van der Waals surface area (Å²) < 4.78 is 5.64. The highest BCUT2D eigenvalue weighted by Crippen LogP contribution is 2.22. The summed E-state index contributed by atoms with van der Waals surface area (Å²) >= 11 is 0. The van der Waals surface area contributed by atoms with Gasteiger partial charge in [0.25, 0.3) is 0 Å². The Morgan fingerprint density at radius 1 is 1.23 bits per heavy atom. The summed E-state index contributed by atoms with van der Waals surface area (Å²) in [6.07, 6.45) is 8.05. The normalized spacial score (nSPS) is 20.0. The van der Waals surface area contributed by atoms with Crippen LogP contribution < -0.4 is 0 Å². The monoisotopic (exact) mass is 182 g/mol. The summed E-state index contributed by atoms with van der Waals surface area (Å²) in [5.41, 5.74) is 0. The van der Waals surface area contributed by atoms with Crippen molar-refractivity contribution in [2.45, 2.75) is 52.1 Å². The zero-order chi connectivity index (χ0) is 9.68. The lowest BCUT2D eigenvalue weighted by Gasteiger charge is -2.23. The van der Waals surface area contributed by atoms with Crippen molar-refractivity contribution < 1.29 is 9.53 Å². The van der Waals surface area contributed by atoms with Crippen molar-refractivity contribution in [3.8, 4) is 0 Å². The molecule has 0 aromatic carbocycles. The van der Waals surface area contributed by atoms with Crippen LogP contribution in [0.5, 0.6) is 0 Å². The van der Waals surface area contributed by atoms with Crippen LogP contribution in [0.3, 0.4) is 0 Å². The lowest BCUT2D eigenvalue weighted by molar-refractivity contribution is -0.112. The Morgan fingerprint density at radius 3 is 2.38 bits per heavy atom. The van der Waals surface area contributed by atoms with Gasteiger partial charge in [-0.3, -0.25) is 4.79 Å². The molecule has 2 heteroatoms. The zero-order valence-corrected chi connectivity index (χ0v) is 8.51. The van der Waals surface area contributed by atoms with E-state index < -0.39 is 0 Å². The summed E-state index contributed by atoms with van der Waals surface area (Å²) in [6, 6.07) is 0. The Kier molecular flexibility index (Phi) is 4.00. The molecule has 1 aliphatic rings. The van der Waals surface area contributed by atoms with Crippen LogP contribution in [0, 0.1) is 0 Å². The third kappa shape index (κ3) is 4.11. The minimum Gasteiger partial charge on any atom is -0.495 e. The smallest absolute Gasteiger partial charge is 0.155 e. The van der Waals surface area contributed by atoms with Gasteiger partial charge in [-0.15, -0.1) is 0 Å². The van der Waals surface area contributed by atoms with Crippen molar-refractivity contribution in [1.82, 2.24) is 0 Å². The molecule has 0 amide bonds. The van der Waals surface area contributed by atoms with Crippen LogP contribution in [-0.4, -0.2) is 11.9 Å². The van der Waals surface area contributed by atoms with Gasteiger partial charge in [-0.1, -0.05) is 6.42 Å². The van der Waals surface area contributed by atoms with Crippen molar-refractivity contribution in [2.24, 2.45) is 0 Å². The van der Waals surface area contributed by atoms with Gasteiger partial charge in [-0.25, -0.2) is 0 Å². The van der Waals surface area contributed by atoms with E-state index in [4.69, 9.17) is 4.74 Å². The standard InChI is InChI=1S/C11H18O2/c1-9(12)8-10(2)13-11-6-4-3-5-7-11/h8,11H,3-7H2,1-2H3. The van der Waals surface area contributed by atoms with E-state index in [1.165, 1.54) is 19.3 Å². The van der Waals surface area contributed by atoms with Crippen molar-refractivity contribution >= 4 is 5.78 Å². The summed E-state index contributed by atoms with van der Waals surface area (Å²) in [5, 5.41) is 0. The Labute approximate surface area is 80.0 Å². The van der Waals surface area contributed by atoms with E-state index >= 15 is 0 Å². The fourth-order valence-corrected chi connectivity index (χ4v) is 1.77. The molecule has 0 aliphatic heterocycles. The molecular weight excluding hydrogens is 164 g/mol. The first-order valence-electron chi connectivity index (χ1n) is 5.04. The van der Waals surface area contributed by atoms with E-state index in [2.05, 4.69) is 0 Å². The van der Waals surface area contributed by atoms with Crippen LogP contribution in [0.2, 0.25) is 0 Å². The third-order valence-electron chi connectivity index (χ3n) is 2.31. The Bertz CT molecular complexity index is 200. The molecule has 0 unspecified atom stereocenters. The molecule has 0 radical (unpaired) electrons. The van der Waals surface area contributed by atoms with Crippen molar-refractivity contribution in [3.63, 3.8) is 0 Å². The molecule has 1 saturated carbocycles. The van der Waals surface area contributed by atoms with E-state index in [0.29, 0.717) is 6.10 Å². The van der Waals surface area contributed by atoms with Crippen LogP contribution in [0.1, 0.15) is 46.0 Å². The SMILES string of the molecule is CC(=O)C=C(C)OC1CCCCC1. The number of ketones is 1. The van der Waals surface area contributed by atoms with Gasteiger partial charge in [-0.2, -0.15) is 0 Å². The minimum atomic E-state index is 0.0632. The summed E-state index contributed by atoms with van der Waals surface area (Å²) in [4.78, 5) is 10.7. The van der Waals surface area contributed by atoms with Gasteiger partial charge in [0.1, 0.15) is 0 Å². The molecule has 1 rings (SSSR count). The molecule has 2 nitrogen and oxygen atoms in total. The lowest BCUT2D eigenvalue weighted by Crippen LogP contribution is -2.15. The van der Waals surface area contributed by atoms with Gasteiger partial charge in [0.15, 0.2) is 5.78 Å². The van der Waals surface area contributed by atoms with Crippen molar-refractivity contribution in [3.05, 3.63) is 11.8 Å². The van der Waals surface area contributed by atoms with Crippen molar-refractivity contribution in [2.75, 3.05) is 0 Å². The molecular formula is C11H18O2. The lowest BCUT2D eigenvalue weighted by atomic mass is 9.98. The predicted octanol–water partition coefficient (Wildman–Crippen LogP) is 2.83. The maximum Gasteiger partial charge on any atom is 0.155 e. The van der Waals surface area contributed by atoms with Gasteiger partial charge in [0.05, 0.1) is 11.9 Å². The van der Waals surface area contributed by atoms with Gasteiger partial charge in [0.2, 0.25) is 0 Å². The fourth-order valence-electron chi connectivity index (χ4n) is 1.77. The van der Waals surface area contributed by atoms with Gasteiger partial charge in [0, 0.05) is 6.08 Å². The molecule has 0 heterocycles. The summed E-state index contributed by atoms with van der Waals surface area (Å²) in [7, 11) is 0. The second-order valence-electron chi connectivity index (χ2n) is 3.74. The number of rotatable bonds is 3. The Balaban J connectivity index is 2.33. The first kappa shape index (κ1) is 10.3. The zero-order valence-electron chi connectivity index (χ0n) is 8.51. The predicted molar refractivity (Wildman–Crippen MR) is 52.4 cm³/mol. The fraction of sp³-hybridized carbons (Fsp3) is 0.727. The first-order chi connectivity index (χ1) is 6.18. The van der Waals surface area contributed by atoms with Gasteiger partial charge >= 0.3 is 0 Å². The average molecular weight is 182 g/mol. The van der Waals surface area contributed by atoms with E-state index in [0.717, 1.165) is 18.6 Å². The number of carbonyl (C=O) groups is 1. The number of carbonyl (C=O) groups excluding carboxylic acids is 1. The maximum absolute atomic E-state index is 10.7. The topological polar surface area (TPSA) is 26.3 Å². The van der Waals surface area contributed by atoms with Crippen molar-refractivity contribution in [1.29, 1.82) is 0 Å². The van der Waals surface area contributed by atoms with E-state index in [9.17, 15) is 4.79 Å². The Morgan fingerprint density at radius 2 is 1.85 bits per heavy atom. The maximum atomic E-state index is 10.7. The van der Waals surface area contributed by atoms with Gasteiger partial charge < -0.3 is 4.74 Å². The molecule has 13 heavy (non-hydrogen) atoms. The first-order valence-corrected chi connectivity index (χ1v) is 5.04. The van der Waals surface area contributed by atoms with Crippen LogP contribution in [0.15, 0.2) is 11.8 Å². The molecule has 1 fully saturated rings. The number of hydrogen-bond donors (Lipinski definition) is 0. The highest BCUT2D eigenvalue weighted by molar-refractivity contribution is 5.87. The van der Waals surface area contributed by atoms with Crippen LogP contribution in [0.4, 0.5) is 0 Å². The number of hydrogen-bond acceptors (Lipinski definition) is 2. The summed E-state index contributed by atoms with van der Waals surface area (Å²) in [5.74, 6) is 0.827. The molecule has 74 valence electrons. The van der Waals surface area contributed by atoms with Gasteiger partial charge in [-0.05, 0) is 39.5 Å². The minimum absolute atomic E-state index is 0.0632. The average Bonchev–Trinajstić information content (AvgIpc) is 2.04. The summed E-state index contributed by atoms with van der Waals surface area (Å²) in [6.45, 7) is 3.41. The molecule has 0 saturated heterocycles. The Hall–Kier alpha value is -0.790. The molecule has 1 aliphatic carbocycles. The quantitative estimate of drug-likeness (QED) is 0.495. The van der Waals surface area contributed by atoms with Crippen LogP contribution >= 0.6 is 0 Å². The molecule has 0 aromatic heterocycles. The molecule has 0 N–H and O–H groups in total. The molecule has 0 aromatic rings. The third-order valence-corrected chi connectivity index (χ3v) is 2.31. The second kappa shape index (κ2) is 5.05. The highest BCUT2D eigenvalue weighted by atomic mass is 16.5. The van der Waals surface area contributed by atoms with Crippen LogP contribution in [-0.2, 0) is 9.53 Å². The van der Waals surface area contributed by atoms with Crippen LogP contribution in [0.25, 0.3) is 0 Å². The number of ether oxygens (including phenoxy) is 1. The molecule has 0 atom stereocenters. The molecule has 0 bridgehead atoms. The van der Waals surface area contributed by atoms with E-state index in [1.54, 1.807) is 13.0 Å².